The summed E-state index contributed by atoms with van der Waals surface area (Å²) in [5.41, 5.74) is 0.709. The minimum absolute atomic E-state index is 0.0755. The minimum Gasteiger partial charge on any atom is -0.467 e. The van der Waals surface area contributed by atoms with E-state index < -0.39 is 0 Å². The molecule has 112 valence electrons. The van der Waals surface area contributed by atoms with Gasteiger partial charge in [0, 0.05) is 23.8 Å². The van der Waals surface area contributed by atoms with Crippen molar-refractivity contribution in [3.8, 4) is 0 Å². The van der Waals surface area contributed by atoms with Crippen LogP contribution in [0.3, 0.4) is 0 Å². The van der Waals surface area contributed by atoms with Gasteiger partial charge in [-0.1, -0.05) is 12.8 Å². The van der Waals surface area contributed by atoms with Crippen molar-refractivity contribution in [1.82, 2.24) is 9.47 Å². The number of amides is 1. The first kappa shape index (κ1) is 14.4. The lowest BCUT2D eigenvalue weighted by Gasteiger charge is -2.28. The number of nitrogens with zero attached hydrogens (tertiary/aromatic N) is 2. The Balaban J connectivity index is 1.86. The van der Waals surface area contributed by atoms with Crippen LogP contribution in [0.15, 0.2) is 39.5 Å². The summed E-state index contributed by atoms with van der Waals surface area (Å²) in [4.78, 5) is 14.9. The molecular weight excluding hydrogens is 332 g/mol. The maximum atomic E-state index is 12.9. The second-order valence-electron chi connectivity index (χ2n) is 5.61. The first-order chi connectivity index (χ1) is 10.1. The van der Waals surface area contributed by atoms with Gasteiger partial charge in [0.2, 0.25) is 0 Å². The van der Waals surface area contributed by atoms with Crippen LogP contribution in [0, 0.1) is 0 Å². The fourth-order valence-electron chi connectivity index (χ4n) is 3.04. The van der Waals surface area contributed by atoms with E-state index in [1.54, 1.807) is 6.26 Å². The van der Waals surface area contributed by atoms with E-state index in [2.05, 4.69) is 15.9 Å². The Labute approximate surface area is 132 Å². The van der Waals surface area contributed by atoms with E-state index in [0.717, 1.165) is 23.1 Å². The molecule has 1 fully saturated rings. The number of halogens is 1. The highest BCUT2D eigenvalue weighted by Gasteiger charge is 2.29. The predicted molar refractivity (Wildman–Crippen MR) is 84.0 cm³/mol. The lowest BCUT2D eigenvalue weighted by atomic mass is 10.2. The molecule has 2 aromatic heterocycles. The molecule has 0 bridgehead atoms. The maximum Gasteiger partial charge on any atom is 0.271 e. The molecule has 1 aliphatic rings. The highest BCUT2D eigenvalue weighted by molar-refractivity contribution is 9.10. The summed E-state index contributed by atoms with van der Waals surface area (Å²) in [5, 5.41) is 0. The molecule has 0 aliphatic heterocycles. The Morgan fingerprint density at radius 1 is 1.48 bits per heavy atom. The van der Waals surface area contributed by atoms with Crippen molar-refractivity contribution in [2.24, 2.45) is 7.05 Å². The highest BCUT2D eigenvalue weighted by atomic mass is 79.9. The summed E-state index contributed by atoms with van der Waals surface area (Å²) in [6.45, 7) is 0.541. The molecule has 1 amide bonds. The third kappa shape index (κ3) is 3.07. The zero-order valence-electron chi connectivity index (χ0n) is 12.1. The molecule has 2 aromatic rings. The molecule has 0 N–H and O–H groups in total. The van der Waals surface area contributed by atoms with Gasteiger partial charge in [0.05, 0.1) is 12.8 Å². The molecule has 5 heteroatoms. The van der Waals surface area contributed by atoms with E-state index in [0.29, 0.717) is 18.3 Å². The fraction of sp³-hybridized carbons (Fsp3) is 0.438. The van der Waals surface area contributed by atoms with Crippen LogP contribution in [0.2, 0.25) is 0 Å². The molecule has 0 unspecified atom stereocenters. The summed E-state index contributed by atoms with van der Waals surface area (Å²) in [7, 11) is 1.90. The number of carbonyl (C=O) groups is 1. The monoisotopic (exact) mass is 350 g/mol. The lowest BCUT2D eigenvalue weighted by molar-refractivity contribution is 0.0639. The van der Waals surface area contributed by atoms with Gasteiger partial charge in [0.1, 0.15) is 11.5 Å². The highest BCUT2D eigenvalue weighted by Crippen LogP contribution is 2.27. The molecule has 0 atom stereocenters. The van der Waals surface area contributed by atoms with Crippen molar-refractivity contribution in [3.63, 3.8) is 0 Å². The van der Waals surface area contributed by atoms with Gasteiger partial charge >= 0.3 is 0 Å². The van der Waals surface area contributed by atoms with Gasteiger partial charge in [0.25, 0.3) is 5.91 Å². The van der Waals surface area contributed by atoms with Gasteiger partial charge in [0.15, 0.2) is 0 Å². The standard InChI is InChI=1S/C16H19BrN2O2/c1-18-10-12(17)9-15(18)16(20)19(13-5-2-3-6-13)11-14-7-4-8-21-14/h4,7-10,13H,2-3,5-6,11H2,1H3. The molecule has 4 nitrogen and oxygen atoms in total. The predicted octanol–water partition coefficient (Wildman–Crippen LogP) is 3.97. The van der Waals surface area contributed by atoms with E-state index in [-0.39, 0.29) is 5.91 Å². The zero-order valence-corrected chi connectivity index (χ0v) is 13.7. The van der Waals surface area contributed by atoms with Crippen molar-refractivity contribution in [2.45, 2.75) is 38.3 Å². The van der Waals surface area contributed by atoms with Gasteiger partial charge in [-0.3, -0.25) is 4.79 Å². The summed E-state index contributed by atoms with van der Waals surface area (Å²) >= 11 is 3.43. The number of furan rings is 1. The number of hydrogen-bond donors (Lipinski definition) is 0. The van der Waals surface area contributed by atoms with E-state index in [1.165, 1.54) is 12.8 Å². The van der Waals surface area contributed by atoms with Crippen molar-refractivity contribution >= 4 is 21.8 Å². The van der Waals surface area contributed by atoms with Gasteiger partial charge in [-0.25, -0.2) is 0 Å². The van der Waals surface area contributed by atoms with Crippen LogP contribution < -0.4 is 0 Å². The molecule has 3 rings (SSSR count). The summed E-state index contributed by atoms with van der Waals surface area (Å²) in [5.74, 6) is 0.912. The average Bonchev–Trinajstić information content (AvgIpc) is 3.16. The number of aryl methyl sites for hydroxylation is 1. The van der Waals surface area contributed by atoms with Crippen LogP contribution in [-0.4, -0.2) is 21.4 Å². The fourth-order valence-corrected chi connectivity index (χ4v) is 3.56. The van der Waals surface area contributed by atoms with Gasteiger partial charge in [-0.2, -0.15) is 0 Å². The normalized spacial score (nSPS) is 15.5. The second-order valence-corrected chi connectivity index (χ2v) is 6.52. The van der Waals surface area contributed by atoms with Crippen molar-refractivity contribution in [2.75, 3.05) is 0 Å². The average molecular weight is 351 g/mol. The third-order valence-corrected chi connectivity index (χ3v) is 4.56. The Hall–Kier alpha value is -1.49. The van der Waals surface area contributed by atoms with Crippen molar-refractivity contribution in [3.05, 3.63) is 46.6 Å². The molecule has 2 heterocycles. The first-order valence-electron chi connectivity index (χ1n) is 7.30. The largest absolute Gasteiger partial charge is 0.467 e. The molecular formula is C16H19BrN2O2. The minimum atomic E-state index is 0.0755. The summed E-state index contributed by atoms with van der Waals surface area (Å²) in [6.07, 6.45) is 8.13. The molecule has 0 saturated heterocycles. The Bertz CT molecular complexity index is 612. The smallest absolute Gasteiger partial charge is 0.271 e. The second kappa shape index (κ2) is 6.10. The Kier molecular flexibility index (Phi) is 4.19. The summed E-state index contributed by atoms with van der Waals surface area (Å²) < 4.78 is 8.24. The van der Waals surface area contributed by atoms with E-state index >= 15 is 0 Å². The number of aromatic nitrogens is 1. The van der Waals surface area contributed by atoms with Crippen molar-refractivity contribution in [1.29, 1.82) is 0 Å². The van der Waals surface area contributed by atoms with Gasteiger partial charge in [-0.15, -0.1) is 0 Å². The topological polar surface area (TPSA) is 38.4 Å². The molecule has 21 heavy (non-hydrogen) atoms. The third-order valence-electron chi connectivity index (χ3n) is 4.12. The van der Waals surface area contributed by atoms with E-state index in [1.807, 2.05) is 40.9 Å². The van der Waals surface area contributed by atoms with Gasteiger partial charge < -0.3 is 13.9 Å². The Morgan fingerprint density at radius 3 is 2.81 bits per heavy atom. The molecule has 1 aliphatic carbocycles. The van der Waals surface area contributed by atoms with E-state index in [9.17, 15) is 4.79 Å². The SMILES string of the molecule is Cn1cc(Br)cc1C(=O)N(Cc1ccco1)C1CCCC1. The van der Waals surface area contributed by atoms with Crippen LogP contribution in [0.25, 0.3) is 0 Å². The molecule has 0 spiro atoms. The quantitative estimate of drug-likeness (QED) is 0.836. The van der Waals surface area contributed by atoms with E-state index in [4.69, 9.17) is 4.42 Å². The molecule has 0 aromatic carbocycles. The number of carbonyl (C=O) groups excluding carboxylic acids is 1. The van der Waals surface area contributed by atoms with Crippen molar-refractivity contribution < 1.29 is 9.21 Å². The first-order valence-corrected chi connectivity index (χ1v) is 8.09. The van der Waals surface area contributed by atoms with Crippen LogP contribution >= 0.6 is 15.9 Å². The zero-order chi connectivity index (χ0) is 14.8. The van der Waals surface area contributed by atoms with Crippen LogP contribution in [0.1, 0.15) is 41.9 Å². The number of rotatable bonds is 4. The van der Waals surface area contributed by atoms with Gasteiger partial charge in [-0.05, 0) is 47.0 Å². The van der Waals surface area contributed by atoms with Crippen LogP contribution in [0.5, 0.6) is 0 Å². The summed E-state index contributed by atoms with van der Waals surface area (Å²) in [6, 6.07) is 5.99. The van der Waals surface area contributed by atoms with Crippen LogP contribution in [0.4, 0.5) is 0 Å². The number of hydrogen-bond acceptors (Lipinski definition) is 2. The van der Waals surface area contributed by atoms with Crippen LogP contribution in [-0.2, 0) is 13.6 Å². The maximum absolute atomic E-state index is 12.9. The molecule has 0 radical (unpaired) electrons. The molecule has 1 saturated carbocycles. The lowest BCUT2D eigenvalue weighted by Crippen LogP contribution is -2.39. The Morgan fingerprint density at radius 2 is 2.24 bits per heavy atom.